The Morgan fingerprint density at radius 1 is 0.225 bits per heavy atom. The second-order valence-electron chi connectivity index (χ2n) is 21.1. The Morgan fingerprint density at radius 3 is 0.850 bits per heavy atom. The molecule has 0 saturated heterocycles. The van der Waals surface area contributed by atoms with Gasteiger partial charge in [-0.25, -0.2) is 0 Å². The van der Waals surface area contributed by atoms with Gasteiger partial charge in [0.2, 0.25) is 0 Å². The Kier molecular flexibility index (Phi) is 11.3. The first-order valence-corrected chi connectivity index (χ1v) is 27.6. The Labute approximate surface area is 465 Å². The molecule has 0 aliphatic carbocycles. The lowest BCUT2D eigenvalue weighted by Gasteiger charge is -2.26. The summed E-state index contributed by atoms with van der Waals surface area (Å²) >= 11 is 0. The van der Waals surface area contributed by atoms with Gasteiger partial charge in [-0.15, -0.1) is 0 Å². The minimum absolute atomic E-state index is 1.09. The molecule has 378 valence electrons. The molecule has 0 bridgehead atoms. The average Bonchev–Trinajstić information content (AvgIpc) is 4.03. The molecule has 0 radical (unpaired) electrons. The number of rotatable bonds is 10. The molecular weight excluding hydrogens is 969 g/mol. The van der Waals surface area contributed by atoms with Gasteiger partial charge in [-0.3, -0.25) is 0 Å². The summed E-state index contributed by atoms with van der Waals surface area (Å²) in [6.07, 6.45) is 0. The van der Waals surface area contributed by atoms with E-state index in [0.717, 1.165) is 45.5 Å². The van der Waals surface area contributed by atoms with Crippen LogP contribution in [0.15, 0.2) is 291 Å². The van der Waals surface area contributed by atoms with E-state index >= 15 is 0 Å². The normalized spacial score (nSPS) is 11.6. The maximum Gasteiger partial charge on any atom is 0.0542 e. The fraction of sp³-hybridized carbons (Fsp3) is 0.0263. The van der Waals surface area contributed by atoms with Gasteiger partial charge in [0.25, 0.3) is 0 Å². The van der Waals surface area contributed by atoms with Crippen molar-refractivity contribution in [3.8, 4) is 33.6 Å². The third-order valence-corrected chi connectivity index (χ3v) is 16.1. The molecule has 0 aliphatic rings. The molecule has 0 unspecified atom stereocenters. The smallest absolute Gasteiger partial charge is 0.0542 e. The molecule has 0 aliphatic heterocycles. The number of benzene rings is 13. The van der Waals surface area contributed by atoms with E-state index in [1.807, 2.05) is 0 Å². The van der Waals surface area contributed by atoms with Gasteiger partial charge in [0, 0.05) is 67.0 Å². The topological polar surface area (TPSA) is 16.3 Å². The van der Waals surface area contributed by atoms with Crippen molar-refractivity contribution in [3.05, 3.63) is 302 Å². The highest BCUT2D eigenvalue weighted by Gasteiger charge is 2.22. The van der Waals surface area contributed by atoms with Crippen LogP contribution < -0.4 is 9.80 Å². The van der Waals surface area contributed by atoms with E-state index in [0.29, 0.717) is 0 Å². The van der Waals surface area contributed by atoms with Crippen LogP contribution in [0.5, 0.6) is 0 Å². The molecule has 2 aromatic heterocycles. The van der Waals surface area contributed by atoms with Gasteiger partial charge in [0.1, 0.15) is 0 Å². The van der Waals surface area contributed by atoms with Crippen LogP contribution in [0.25, 0.3) is 98.8 Å². The first kappa shape index (κ1) is 46.8. The van der Waals surface area contributed by atoms with E-state index < -0.39 is 0 Å². The van der Waals surface area contributed by atoms with Crippen LogP contribution >= 0.6 is 0 Å². The van der Waals surface area contributed by atoms with Crippen molar-refractivity contribution < 1.29 is 0 Å². The van der Waals surface area contributed by atoms with Crippen molar-refractivity contribution >= 4 is 99.3 Å². The molecule has 0 saturated carbocycles. The largest absolute Gasteiger partial charge is 0.310 e. The number of para-hydroxylation sites is 4. The molecule has 15 rings (SSSR count). The van der Waals surface area contributed by atoms with Gasteiger partial charge in [0.05, 0.1) is 22.1 Å². The fourth-order valence-corrected chi connectivity index (χ4v) is 12.6. The predicted octanol–water partition coefficient (Wildman–Crippen LogP) is 21.1. The predicted molar refractivity (Wildman–Crippen MR) is 340 cm³/mol. The van der Waals surface area contributed by atoms with Crippen molar-refractivity contribution in [3.63, 3.8) is 0 Å². The van der Waals surface area contributed by atoms with Crippen molar-refractivity contribution in [1.82, 2.24) is 9.13 Å². The van der Waals surface area contributed by atoms with Crippen molar-refractivity contribution in [1.29, 1.82) is 0 Å². The Morgan fingerprint density at radius 2 is 0.500 bits per heavy atom. The van der Waals surface area contributed by atoms with Gasteiger partial charge in [-0.05, 0) is 191 Å². The summed E-state index contributed by atoms with van der Waals surface area (Å²) < 4.78 is 4.78. The summed E-state index contributed by atoms with van der Waals surface area (Å²) in [5.41, 5.74) is 21.0. The van der Waals surface area contributed by atoms with E-state index in [2.05, 4.69) is 324 Å². The summed E-state index contributed by atoms with van der Waals surface area (Å²) in [4.78, 5) is 4.77. The number of aromatic nitrogens is 2. The lowest BCUT2D eigenvalue weighted by Crippen LogP contribution is -2.09. The molecule has 13 aromatic carbocycles. The zero-order valence-electron chi connectivity index (χ0n) is 44.5. The molecular formula is C76H54N4. The van der Waals surface area contributed by atoms with Crippen LogP contribution in [0.4, 0.5) is 34.1 Å². The van der Waals surface area contributed by atoms with Gasteiger partial charge in [-0.1, -0.05) is 169 Å². The molecule has 2 heterocycles. The molecule has 80 heavy (non-hydrogen) atoms. The second kappa shape index (κ2) is 19.2. The zero-order valence-corrected chi connectivity index (χ0v) is 44.5. The van der Waals surface area contributed by atoms with Gasteiger partial charge in [-0.2, -0.15) is 0 Å². The molecule has 0 spiro atoms. The van der Waals surface area contributed by atoms with E-state index in [-0.39, 0.29) is 0 Å². The highest BCUT2D eigenvalue weighted by molar-refractivity contribution is 6.21. The Bertz CT molecular complexity index is 4440. The number of nitrogens with zero attached hydrogens (tertiary/aromatic N) is 4. The average molecular weight is 1020 g/mol. The molecule has 0 amide bonds. The van der Waals surface area contributed by atoms with Gasteiger partial charge < -0.3 is 18.9 Å². The quantitative estimate of drug-likeness (QED) is 0.127. The SMILES string of the molecule is Cc1ccc2c(c1)c1cc(N(c3ccccc3)c3ccc(-c4c5ccccc5c(-c5ccc(N(c6ccccc6)c6ccc7c(c6)c6cc(C)ccc6n7-c6ccccc6)cc5)c5ccccc45)cc3)ccc1n2-c1ccccc1. The fourth-order valence-electron chi connectivity index (χ4n) is 12.6. The van der Waals surface area contributed by atoms with Gasteiger partial charge in [0.15, 0.2) is 0 Å². The standard InChI is InChI=1S/C76H54N4/c1-51-31-43-71-67(47-51)69-49-61(41-45-73(69)79(71)57-23-11-5-12-24-57)77(55-19-7-3-8-20-55)59-37-33-53(34-38-59)75-63-27-15-17-29-65(63)76(66-30-18-16-28-64(66)75)54-35-39-60(40-36-54)78(56-21-9-4-10-22-56)62-42-46-74-70(50-62)68-48-52(2)32-44-72(68)80(74)58-25-13-6-14-26-58/h3-50H,1-2H3. The number of fused-ring (bicyclic) bond motifs is 8. The highest BCUT2D eigenvalue weighted by Crippen LogP contribution is 2.47. The summed E-state index contributed by atoms with van der Waals surface area (Å²) in [5.74, 6) is 0. The number of anilines is 6. The lowest BCUT2D eigenvalue weighted by molar-refractivity contribution is 1.18. The van der Waals surface area contributed by atoms with Crippen molar-refractivity contribution in [2.75, 3.05) is 9.80 Å². The van der Waals surface area contributed by atoms with Gasteiger partial charge >= 0.3 is 0 Å². The summed E-state index contributed by atoms with van der Waals surface area (Å²) in [7, 11) is 0. The van der Waals surface area contributed by atoms with Crippen LogP contribution in [0.3, 0.4) is 0 Å². The monoisotopic (exact) mass is 1020 g/mol. The van der Waals surface area contributed by atoms with Crippen LogP contribution in [0.2, 0.25) is 0 Å². The molecule has 15 aromatic rings. The number of hydrogen-bond donors (Lipinski definition) is 0. The van der Waals surface area contributed by atoms with E-state index in [9.17, 15) is 0 Å². The van der Waals surface area contributed by atoms with E-state index in [1.165, 1.54) is 98.5 Å². The van der Waals surface area contributed by atoms with Crippen LogP contribution in [-0.4, -0.2) is 9.13 Å². The van der Waals surface area contributed by atoms with Crippen LogP contribution in [0, 0.1) is 13.8 Å². The summed E-state index contributed by atoms with van der Waals surface area (Å²) in [6, 6.07) is 107. The third kappa shape index (κ3) is 7.83. The molecule has 0 fully saturated rings. The van der Waals surface area contributed by atoms with E-state index in [4.69, 9.17) is 0 Å². The highest BCUT2D eigenvalue weighted by atomic mass is 15.1. The molecule has 0 atom stereocenters. The minimum atomic E-state index is 1.09. The molecule has 4 heteroatoms. The van der Waals surface area contributed by atoms with E-state index in [1.54, 1.807) is 0 Å². The Hall–Kier alpha value is -10.4. The molecule has 0 N–H and O–H groups in total. The van der Waals surface area contributed by atoms with Crippen LogP contribution in [0.1, 0.15) is 11.1 Å². The van der Waals surface area contributed by atoms with Crippen LogP contribution in [-0.2, 0) is 0 Å². The first-order valence-electron chi connectivity index (χ1n) is 27.6. The summed E-state index contributed by atoms with van der Waals surface area (Å²) in [5, 5.41) is 9.81. The summed E-state index contributed by atoms with van der Waals surface area (Å²) in [6.45, 7) is 4.36. The second-order valence-corrected chi connectivity index (χ2v) is 21.1. The molecule has 4 nitrogen and oxygen atoms in total. The zero-order chi connectivity index (χ0) is 53.3. The maximum atomic E-state index is 2.39. The Balaban J connectivity index is 0.826. The first-order chi connectivity index (χ1) is 39.5. The lowest BCUT2D eigenvalue weighted by atomic mass is 9.86. The number of hydrogen-bond acceptors (Lipinski definition) is 2. The van der Waals surface area contributed by atoms with Crippen molar-refractivity contribution in [2.45, 2.75) is 13.8 Å². The minimum Gasteiger partial charge on any atom is -0.310 e. The number of aryl methyl sites for hydroxylation is 2. The third-order valence-electron chi connectivity index (χ3n) is 16.1. The van der Waals surface area contributed by atoms with Crippen molar-refractivity contribution in [2.24, 2.45) is 0 Å². The maximum absolute atomic E-state index is 2.39.